The van der Waals surface area contributed by atoms with Crippen molar-refractivity contribution in [3.63, 3.8) is 0 Å². The third kappa shape index (κ3) is 4.17. The van der Waals surface area contributed by atoms with Crippen molar-refractivity contribution < 1.29 is 14.3 Å². The van der Waals surface area contributed by atoms with Gasteiger partial charge in [-0.05, 0) is 62.9 Å². The maximum absolute atomic E-state index is 12.9. The minimum atomic E-state index is -0.0725. The molecular weight excluding hydrogens is 380 g/mol. The van der Waals surface area contributed by atoms with Crippen LogP contribution in [0.1, 0.15) is 42.6 Å². The van der Waals surface area contributed by atoms with Gasteiger partial charge >= 0.3 is 0 Å². The molecule has 2 aromatic rings. The third-order valence-electron chi connectivity index (χ3n) is 6.55. The molecule has 0 spiro atoms. The van der Waals surface area contributed by atoms with Crippen molar-refractivity contribution in [3.05, 3.63) is 30.0 Å². The Morgan fingerprint density at radius 1 is 1.13 bits per heavy atom. The van der Waals surface area contributed by atoms with Gasteiger partial charge in [0.2, 0.25) is 0 Å². The predicted octanol–water partition coefficient (Wildman–Crippen LogP) is 3.10. The Morgan fingerprint density at radius 2 is 1.97 bits per heavy atom. The molecule has 3 heterocycles. The zero-order chi connectivity index (χ0) is 21.1. The number of carbonyl (C=O) groups excluding carboxylic acids is 1. The summed E-state index contributed by atoms with van der Waals surface area (Å²) in [5.74, 6) is 1.85. The molecule has 0 aliphatic carbocycles. The van der Waals surface area contributed by atoms with Crippen LogP contribution < -0.4 is 14.8 Å². The van der Waals surface area contributed by atoms with Crippen LogP contribution in [0.25, 0.3) is 11.3 Å². The van der Waals surface area contributed by atoms with Crippen molar-refractivity contribution in [2.24, 2.45) is 13.0 Å². The van der Waals surface area contributed by atoms with Crippen LogP contribution in [0.5, 0.6) is 11.5 Å². The Hall–Kier alpha value is -2.54. The molecule has 2 atom stereocenters. The fourth-order valence-corrected chi connectivity index (χ4v) is 4.95. The Labute approximate surface area is 178 Å². The number of nitrogens with zero attached hydrogens (tertiary/aromatic N) is 3. The van der Waals surface area contributed by atoms with E-state index in [1.165, 1.54) is 45.2 Å². The van der Waals surface area contributed by atoms with Crippen LogP contribution in [0.2, 0.25) is 0 Å². The van der Waals surface area contributed by atoms with Gasteiger partial charge in [-0.15, -0.1) is 0 Å². The summed E-state index contributed by atoms with van der Waals surface area (Å²) in [6, 6.07) is 8.04. The standard InChI is InChI=1S/C23H32N4O3/c1-26-21(14-19(25-26)18-10-9-17(29-2)13-22(18)30-3)23(28)24-15-16-7-6-12-27-11-5-4-8-20(16)27/h9-10,13-14,16,20H,4-8,11-12,15H2,1-3H3,(H,24,28)/t16-,20+/m1/s1. The van der Waals surface area contributed by atoms with Gasteiger partial charge in [0.1, 0.15) is 17.2 Å². The number of nitrogens with one attached hydrogen (secondary N) is 1. The molecule has 2 aliphatic rings. The fraction of sp³-hybridized carbons (Fsp3) is 0.565. The summed E-state index contributed by atoms with van der Waals surface area (Å²) < 4.78 is 12.4. The van der Waals surface area contributed by atoms with E-state index in [4.69, 9.17) is 9.47 Å². The zero-order valence-corrected chi connectivity index (χ0v) is 18.2. The number of amides is 1. The number of piperidine rings is 2. The number of carbonyl (C=O) groups is 1. The lowest BCUT2D eigenvalue weighted by Gasteiger charge is -2.44. The lowest BCUT2D eigenvalue weighted by molar-refractivity contribution is 0.0574. The number of rotatable bonds is 6. The molecule has 0 radical (unpaired) electrons. The van der Waals surface area contributed by atoms with Crippen LogP contribution in [0.15, 0.2) is 24.3 Å². The van der Waals surface area contributed by atoms with E-state index < -0.39 is 0 Å². The summed E-state index contributed by atoms with van der Waals surface area (Å²) in [5.41, 5.74) is 2.09. The van der Waals surface area contributed by atoms with Crippen molar-refractivity contribution in [1.29, 1.82) is 0 Å². The van der Waals surface area contributed by atoms with E-state index in [0.717, 1.165) is 12.1 Å². The maximum atomic E-state index is 12.9. The van der Waals surface area contributed by atoms with E-state index in [-0.39, 0.29) is 5.91 Å². The molecule has 30 heavy (non-hydrogen) atoms. The van der Waals surface area contributed by atoms with Crippen LogP contribution in [-0.4, -0.2) is 60.5 Å². The highest BCUT2D eigenvalue weighted by Crippen LogP contribution is 2.33. The number of aryl methyl sites for hydroxylation is 1. The van der Waals surface area contributed by atoms with Gasteiger partial charge in [-0.3, -0.25) is 9.48 Å². The Kier molecular flexibility index (Phi) is 6.27. The lowest BCUT2D eigenvalue weighted by atomic mass is 9.83. The summed E-state index contributed by atoms with van der Waals surface area (Å²) in [4.78, 5) is 15.6. The third-order valence-corrected chi connectivity index (χ3v) is 6.55. The molecule has 0 saturated carbocycles. The Bertz CT molecular complexity index is 893. The van der Waals surface area contributed by atoms with Crippen molar-refractivity contribution in [3.8, 4) is 22.8 Å². The first-order chi connectivity index (χ1) is 14.6. The number of aromatic nitrogens is 2. The molecule has 0 unspecified atom stereocenters. The lowest BCUT2D eigenvalue weighted by Crippen LogP contribution is -2.51. The highest BCUT2D eigenvalue weighted by atomic mass is 16.5. The number of hydrogen-bond donors (Lipinski definition) is 1. The van der Waals surface area contributed by atoms with E-state index in [1.807, 2.05) is 24.3 Å². The summed E-state index contributed by atoms with van der Waals surface area (Å²) in [6.07, 6.45) is 6.29. The smallest absolute Gasteiger partial charge is 0.269 e. The van der Waals surface area contributed by atoms with Crippen molar-refractivity contribution >= 4 is 5.91 Å². The fourth-order valence-electron chi connectivity index (χ4n) is 4.95. The van der Waals surface area contributed by atoms with Crippen LogP contribution in [0, 0.1) is 5.92 Å². The van der Waals surface area contributed by atoms with Gasteiger partial charge in [0.25, 0.3) is 5.91 Å². The number of hydrogen-bond acceptors (Lipinski definition) is 5. The van der Waals surface area contributed by atoms with Gasteiger partial charge in [-0.1, -0.05) is 6.42 Å². The van der Waals surface area contributed by atoms with E-state index in [9.17, 15) is 4.79 Å². The van der Waals surface area contributed by atoms with E-state index in [0.29, 0.717) is 34.8 Å². The first-order valence-electron chi connectivity index (χ1n) is 10.9. The molecule has 4 rings (SSSR count). The van der Waals surface area contributed by atoms with Gasteiger partial charge in [0, 0.05) is 31.3 Å². The van der Waals surface area contributed by atoms with Gasteiger partial charge < -0.3 is 19.7 Å². The van der Waals surface area contributed by atoms with E-state index >= 15 is 0 Å². The maximum Gasteiger partial charge on any atom is 0.269 e. The summed E-state index contributed by atoms with van der Waals surface area (Å²) in [7, 11) is 5.04. The molecule has 2 saturated heterocycles. The number of ether oxygens (including phenoxy) is 2. The minimum absolute atomic E-state index is 0.0725. The summed E-state index contributed by atoms with van der Waals surface area (Å²) >= 11 is 0. The van der Waals surface area contributed by atoms with Crippen LogP contribution >= 0.6 is 0 Å². The normalized spacial score (nSPS) is 21.7. The molecule has 7 heteroatoms. The molecule has 7 nitrogen and oxygen atoms in total. The molecule has 1 aromatic heterocycles. The molecular formula is C23H32N4O3. The number of benzene rings is 1. The van der Waals surface area contributed by atoms with Crippen molar-refractivity contribution in [1.82, 2.24) is 20.0 Å². The highest BCUT2D eigenvalue weighted by molar-refractivity contribution is 5.94. The largest absolute Gasteiger partial charge is 0.497 e. The monoisotopic (exact) mass is 412 g/mol. The van der Waals surface area contributed by atoms with Crippen molar-refractivity contribution in [2.75, 3.05) is 33.9 Å². The second-order valence-corrected chi connectivity index (χ2v) is 8.32. The van der Waals surface area contributed by atoms with Gasteiger partial charge in [-0.2, -0.15) is 5.10 Å². The van der Waals surface area contributed by atoms with Crippen LogP contribution in [0.3, 0.4) is 0 Å². The SMILES string of the molecule is COc1ccc(-c2cc(C(=O)NC[C@H]3CCCN4CCCC[C@@H]34)n(C)n2)c(OC)c1. The first-order valence-corrected chi connectivity index (χ1v) is 10.9. The van der Waals surface area contributed by atoms with Gasteiger partial charge in [0.05, 0.1) is 19.9 Å². The average molecular weight is 413 g/mol. The predicted molar refractivity (Wildman–Crippen MR) is 116 cm³/mol. The first kappa shape index (κ1) is 20.7. The average Bonchev–Trinajstić information content (AvgIpc) is 3.18. The van der Waals surface area contributed by atoms with Gasteiger partial charge in [-0.25, -0.2) is 0 Å². The number of fused-ring (bicyclic) bond motifs is 1. The number of methoxy groups -OCH3 is 2. The molecule has 2 fully saturated rings. The van der Waals surface area contributed by atoms with Crippen LogP contribution in [0.4, 0.5) is 0 Å². The van der Waals surface area contributed by atoms with E-state index in [2.05, 4.69) is 15.3 Å². The molecule has 162 valence electrons. The van der Waals surface area contributed by atoms with Crippen LogP contribution in [-0.2, 0) is 7.05 Å². The molecule has 1 amide bonds. The van der Waals surface area contributed by atoms with Crippen molar-refractivity contribution in [2.45, 2.75) is 38.1 Å². The minimum Gasteiger partial charge on any atom is -0.497 e. The topological polar surface area (TPSA) is 68.6 Å². The Balaban J connectivity index is 1.46. The highest BCUT2D eigenvalue weighted by Gasteiger charge is 2.33. The second kappa shape index (κ2) is 9.08. The quantitative estimate of drug-likeness (QED) is 0.790. The molecule has 1 N–H and O–H groups in total. The second-order valence-electron chi connectivity index (χ2n) is 8.32. The zero-order valence-electron chi connectivity index (χ0n) is 18.2. The Morgan fingerprint density at radius 3 is 2.77 bits per heavy atom. The van der Waals surface area contributed by atoms with Gasteiger partial charge in [0.15, 0.2) is 0 Å². The molecule has 0 bridgehead atoms. The summed E-state index contributed by atoms with van der Waals surface area (Å²) in [5, 5.41) is 7.73. The summed E-state index contributed by atoms with van der Waals surface area (Å²) in [6.45, 7) is 3.15. The molecule has 2 aliphatic heterocycles. The van der Waals surface area contributed by atoms with E-state index in [1.54, 1.807) is 25.9 Å². The molecule has 1 aromatic carbocycles.